The zero-order valence-corrected chi connectivity index (χ0v) is 15.6. The highest BCUT2D eigenvalue weighted by Gasteiger charge is 2.22. The predicted molar refractivity (Wildman–Crippen MR) is 94.7 cm³/mol. The van der Waals surface area contributed by atoms with Crippen molar-refractivity contribution in [1.82, 2.24) is 25.1 Å². The lowest BCUT2D eigenvalue weighted by Crippen LogP contribution is -2.34. The number of aromatic nitrogens is 4. The first-order valence-electron chi connectivity index (χ1n) is 9.01. The number of aryl methyl sites for hydroxylation is 1. The van der Waals surface area contributed by atoms with Gasteiger partial charge in [0.05, 0.1) is 26.2 Å². The van der Waals surface area contributed by atoms with Crippen LogP contribution >= 0.6 is 0 Å². The molecule has 2 heterocycles. The molecule has 1 aliphatic heterocycles. The number of methoxy groups -OCH3 is 1. The molecule has 146 valence electrons. The van der Waals surface area contributed by atoms with Crippen LogP contribution in [0.3, 0.4) is 0 Å². The third-order valence-corrected chi connectivity index (χ3v) is 4.57. The Hall–Kier alpha value is -2.39. The largest absolute Gasteiger partial charge is 0.469 e. The molecule has 1 aliphatic rings. The minimum atomic E-state index is -0.394. The maximum Gasteiger partial charge on any atom is 0.306 e. The summed E-state index contributed by atoms with van der Waals surface area (Å²) in [4.78, 5) is 13.6. The van der Waals surface area contributed by atoms with Crippen molar-refractivity contribution < 1.29 is 18.7 Å². The minimum absolute atomic E-state index is 0.114. The fraction of sp³-hybridized carbons (Fsp3) is 0.556. The van der Waals surface area contributed by atoms with Crippen LogP contribution in [-0.4, -0.2) is 64.0 Å². The minimum Gasteiger partial charge on any atom is -0.469 e. The van der Waals surface area contributed by atoms with Crippen molar-refractivity contribution in [2.24, 2.45) is 0 Å². The van der Waals surface area contributed by atoms with Crippen LogP contribution in [0.2, 0.25) is 0 Å². The van der Waals surface area contributed by atoms with Gasteiger partial charge in [-0.25, -0.2) is 4.39 Å². The monoisotopic (exact) mass is 377 g/mol. The number of nitrogens with zero attached hydrogens (tertiary/aromatic N) is 5. The number of hydrogen-bond acceptors (Lipinski definition) is 7. The molecule has 1 aromatic carbocycles. The molecule has 0 bridgehead atoms. The first kappa shape index (κ1) is 19.4. The summed E-state index contributed by atoms with van der Waals surface area (Å²) in [6.07, 6.45) is 2.38. The zero-order chi connectivity index (χ0) is 19.2. The summed E-state index contributed by atoms with van der Waals surface area (Å²) in [6.45, 7) is 4.14. The van der Waals surface area contributed by atoms with Crippen LogP contribution in [0.25, 0.3) is 5.69 Å². The van der Waals surface area contributed by atoms with Crippen LogP contribution in [0.5, 0.6) is 0 Å². The summed E-state index contributed by atoms with van der Waals surface area (Å²) >= 11 is 0. The van der Waals surface area contributed by atoms with Crippen molar-refractivity contribution in [3.8, 4) is 5.69 Å². The number of hydrogen-bond donors (Lipinski definition) is 0. The summed E-state index contributed by atoms with van der Waals surface area (Å²) in [5.41, 5.74) is 1.22. The summed E-state index contributed by atoms with van der Waals surface area (Å²) in [5.74, 6) is -0.173. The van der Waals surface area contributed by atoms with E-state index in [1.165, 1.54) is 17.9 Å². The first-order chi connectivity index (χ1) is 13.1. The second-order valence-corrected chi connectivity index (χ2v) is 6.66. The van der Waals surface area contributed by atoms with E-state index in [1.54, 1.807) is 12.1 Å². The van der Waals surface area contributed by atoms with Crippen molar-refractivity contribution in [3.05, 3.63) is 35.4 Å². The molecule has 3 rings (SSSR count). The van der Waals surface area contributed by atoms with Crippen molar-refractivity contribution >= 4 is 5.97 Å². The Morgan fingerprint density at radius 3 is 3.07 bits per heavy atom. The molecule has 0 N–H and O–H groups in total. The standard InChI is InChI=1S/C18H24FN5O3/c1-13-5-6-15(19)16(10-13)24-17(20-21-22-24)12-23(8-7-18(25)26-2)11-14-4-3-9-27-14/h5-6,10,14H,3-4,7-9,11-12H2,1-2H3. The zero-order valence-electron chi connectivity index (χ0n) is 15.6. The average Bonchev–Trinajstić information content (AvgIpc) is 3.33. The average molecular weight is 377 g/mol. The van der Waals surface area contributed by atoms with Gasteiger partial charge in [-0.1, -0.05) is 6.07 Å². The molecule has 2 aromatic rings. The molecule has 1 atom stereocenters. The van der Waals surface area contributed by atoms with E-state index in [2.05, 4.69) is 15.5 Å². The summed E-state index contributed by atoms with van der Waals surface area (Å²) in [5, 5.41) is 11.7. The maximum absolute atomic E-state index is 14.3. The van der Waals surface area contributed by atoms with Gasteiger partial charge in [-0.05, 0) is 47.9 Å². The van der Waals surface area contributed by atoms with Crippen LogP contribution in [0.4, 0.5) is 4.39 Å². The van der Waals surface area contributed by atoms with Crippen molar-refractivity contribution in [3.63, 3.8) is 0 Å². The highest BCUT2D eigenvalue weighted by Crippen LogP contribution is 2.18. The van der Waals surface area contributed by atoms with E-state index in [9.17, 15) is 9.18 Å². The van der Waals surface area contributed by atoms with E-state index in [1.807, 2.05) is 11.8 Å². The summed E-state index contributed by atoms with van der Waals surface area (Å²) in [6, 6.07) is 4.80. The van der Waals surface area contributed by atoms with Gasteiger partial charge in [-0.15, -0.1) is 5.10 Å². The molecule has 1 saturated heterocycles. The van der Waals surface area contributed by atoms with Crippen LogP contribution in [0.1, 0.15) is 30.7 Å². The fourth-order valence-electron chi connectivity index (χ4n) is 3.14. The highest BCUT2D eigenvalue weighted by atomic mass is 19.1. The van der Waals surface area contributed by atoms with Crippen LogP contribution < -0.4 is 0 Å². The van der Waals surface area contributed by atoms with E-state index < -0.39 is 5.82 Å². The van der Waals surface area contributed by atoms with Gasteiger partial charge in [-0.3, -0.25) is 9.69 Å². The molecule has 27 heavy (non-hydrogen) atoms. The number of carbonyl (C=O) groups is 1. The Morgan fingerprint density at radius 2 is 2.33 bits per heavy atom. The Kier molecular flexibility index (Phi) is 6.46. The van der Waals surface area contributed by atoms with Gasteiger partial charge in [-0.2, -0.15) is 4.68 Å². The Bertz CT molecular complexity index is 776. The molecule has 1 unspecified atom stereocenters. The molecule has 0 spiro atoms. The van der Waals surface area contributed by atoms with Gasteiger partial charge in [0.15, 0.2) is 5.82 Å². The van der Waals surface area contributed by atoms with Gasteiger partial charge < -0.3 is 9.47 Å². The van der Waals surface area contributed by atoms with Crippen molar-refractivity contribution in [2.75, 3.05) is 26.8 Å². The molecule has 1 aromatic heterocycles. The Morgan fingerprint density at radius 1 is 1.48 bits per heavy atom. The second-order valence-electron chi connectivity index (χ2n) is 6.66. The molecule has 1 fully saturated rings. The fourth-order valence-corrected chi connectivity index (χ4v) is 3.14. The Labute approximate surface area is 157 Å². The lowest BCUT2D eigenvalue weighted by atomic mass is 10.2. The molecule has 0 amide bonds. The molecular formula is C18H24FN5O3. The Balaban J connectivity index is 1.77. The summed E-state index contributed by atoms with van der Waals surface area (Å²) in [7, 11) is 1.37. The maximum atomic E-state index is 14.3. The van der Waals surface area contributed by atoms with Gasteiger partial charge >= 0.3 is 5.97 Å². The topological polar surface area (TPSA) is 82.4 Å². The van der Waals surface area contributed by atoms with Crippen LogP contribution in [0.15, 0.2) is 18.2 Å². The van der Waals surface area contributed by atoms with Gasteiger partial charge in [0.1, 0.15) is 11.5 Å². The van der Waals surface area contributed by atoms with E-state index >= 15 is 0 Å². The third-order valence-electron chi connectivity index (χ3n) is 4.57. The number of rotatable bonds is 8. The molecule has 8 nitrogen and oxygen atoms in total. The van der Waals surface area contributed by atoms with Gasteiger partial charge in [0.25, 0.3) is 0 Å². The SMILES string of the molecule is COC(=O)CCN(Cc1nnnn1-c1cc(C)ccc1F)CC1CCCO1. The number of benzene rings is 1. The van der Waals surface area contributed by atoms with Crippen molar-refractivity contribution in [1.29, 1.82) is 0 Å². The number of halogens is 1. The molecule has 0 saturated carbocycles. The van der Waals surface area contributed by atoms with Crippen LogP contribution in [0, 0.1) is 12.7 Å². The number of tetrazole rings is 1. The molecule has 9 heteroatoms. The van der Waals surface area contributed by atoms with E-state index in [4.69, 9.17) is 9.47 Å². The van der Waals surface area contributed by atoms with Crippen LogP contribution in [-0.2, 0) is 20.8 Å². The smallest absolute Gasteiger partial charge is 0.306 e. The summed E-state index contributed by atoms with van der Waals surface area (Å²) < 4.78 is 26.1. The molecule has 0 radical (unpaired) electrons. The van der Waals surface area contributed by atoms with Gasteiger partial charge in [0, 0.05) is 19.7 Å². The van der Waals surface area contributed by atoms with E-state index in [-0.39, 0.29) is 18.5 Å². The highest BCUT2D eigenvalue weighted by molar-refractivity contribution is 5.69. The lowest BCUT2D eigenvalue weighted by molar-refractivity contribution is -0.141. The van der Waals surface area contributed by atoms with E-state index in [0.29, 0.717) is 31.1 Å². The van der Waals surface area contributed by atoms with Crippen molar-refractivity contribution in [2.45, 2.75) is 38.8 Å². The lowest BCUT2D eigenvalue weighted by Gasteiger charge is -2.24. The first-order valence-corrected chi connectivity index (χ1v) is 9.01. The molecular weight excluding hydrogens is 353 g/mol. The second kappa shape index (κ2) is 9.01. The number of esters is 1. The quantitative estimate of drug-likeness (QED) is 0.647. The third kappa shape index (κ3) is 5.08. The number of carbonyl (C=O) groups excluding carboxylic acids is 1. The predicted octanol–water partition coefficient (Wildman–Crippen LogP) is 1.65. The van der Waals surface area contributed by atoms with Gasteiger partial charge in [0.2, 0.25) is 0 Å². The van der Waals surface area contributed by atoms with E-state index in [0.717, 1.165) is 25.0 Å². The normalized spacial score (nSPS) is 16.8. The number of ether oxygens (including phenoxy) is 2. The molecule has 0 aliphatic carbocycles.